The number of carbonyl (C=O) groups is 1. The first kappa shape index (κ1) is 14.6. The van der Waals surface area contributed by atoms with Gasteiger partial charge in [0.15, 0.2) is 0 Å². The molecule has 0 radical (unpaired) electrons. The van der Waals surface area contributed by atoms with Crippen molar-refractivity contribution in [1.29, 1.82) is 0 Å². The second-order valence-corrected chi connectivity index (χ2v) is 5.73. The molecule has 1 amide bonds. The van der Waals surface area contributed by atoms with Crippen molar-refractivity contribution < 1.29 is 14.6 Å². The molecule has 1 atom stereocenters. The van der Waals surface area contributed by atoms with Gasteiger partial charge in [0.05, 0.1) is 25.9 Å². The Morgan fingerprint density at radius 2 is 2.00 bits per heavy atom. The molecule has 0 spiro atoms. The van der Waals surface area contributed by atoms with Crippen LogP contribution in [0.15, 0.2) is 12.1 Å². The number of anilines is 2. The number of piperidine rings is 1. The topological polar surface area (TPSA) is 65.9 Å². The van der Waals surface area contributed by atoms with Gasteiger partial charge in [0.1, 0.15) is 11.6 Å². The van der Waals surface area contributed by atoms with Crippen molar-refractivity contribution in [2.75, 3.05) is 42.6 Å². The minimum absolute atomic E-state index is 0.0250. The normalized spacial score (nSPS) is 23.5. The molecule has 21 heavy (non-hydrogen) atoms. The van der Waals surface area contributed by atoms with Crippen molar-refractivity contribution in [3.63, 3.8) is 0 Å². The molecule has 2 saturated heterocycles. The van der Waals surface area contributed by atoms with Crippen LogP contribution in [0, 0.1) is 0 Å². The van der Waals surface area contributed by atoms with E-state index < -0.39 is 6.10 Å². The van der Waals surface area contributed by atoms with E-state index >= 15 is 0 Å². The number of hydrogen-bond donors (Lipinski definition) is 1. The van der Waals surface area contributed by atoms with Gasteiger partial charge in [-0.2, -0.15) is 0 Å². The maximum Gasteiger partial charge on any atom is 0.228 e. The molecule has 114 valence electrons. The van der Waals surface area contributed by atoms with E-state index in [0.717, 1.165) is 18.9 Å². The number of morpholine rings is 1. The zero-order valence-corrected chi connectivity index (χ0v) is 12.4. The molecule has 7 heteroatoms. The third-order valence-electron chi connectivity index (χ3n) is 3.76. The van der Waals surface area contributed by atoms with Gasteiger partial charge >= 0.3 is 0 Å². The lowest BCUT2D eigenvalue weighted by molar-refractivity contribution is -0.121. The first-order chi connectivity index (χ1) is 10.1. The van der Waals surface area contributed by atoms with E-state index in [4.69, 9.17) is 16.3 Å². The highest BCUT2D eigenvalue weighted by molar-refractivity contribution is 6.31. The molecule has 1 N–H and O–H groups in total. The number of hydrogen-bond acceptors (Lipinski definition) is 5. The summed E-state index contributed by atoms with van der Waals surface area (Å²) in [5.74, 6) is 1.23. The Bertz CT molecular complexity index is 534. The van der Waals surface area contributed by atoms with Crippen LogP contribution < -0.4 is 9.80 Å². The molecular formula is C14H18ClN3O3. The largest absolute Gasteiger partial charge is 0.391 e. The highest BCUT2D eigenvalue weighted by Crippen LogP contribution is 2.27. The minimum Gasteiger partial charge on any atom is -0.391 e. The molecule has 6 nitrogen and oxygen atoms in total. The van der Waals surface area contributed by atoms with E-state index in [1.807, 2.05) is 0 Å². The SMILES string of the molecule is O=C1CCC(O)CN1c1cc(Cl)cc(N2CCOCC2)n1. The van der Waals surface area contributed by atoms with Crippen LogP contribution in [0.25, 0.3) is 0 Å². The molecule has 0 bridgehead atoms. The Hall–Kier alpha value is -1.37. The van der Waals surface area contributed by atoms with Gasteiger partial charge in [-0.25, -0.2) is 4.98 Å². The fraction of sp³-hybridized carbons (Fsp3) is 0.571. The molecule has 1 unspecified atom stereocenters. The summed E-state index contributed by atoms with van der Waals surface area (Å²) in [6.07, 6.45) is 0.337. The maximum atomic E-state index is 12.0. The van der Waals surface area contributed by atoms with Crippen LogP contribution in [0.5, 0.6) is 0 Å². The number of halogens is 1. The molecule has 0 saturated carbocycles. The quantitative estimate of drug-likeness (QED) is 0.884. The first-order valence-electron chi connectivity index (χ1n) is 7.12. The zero-order chi connectivity index (χ0) is 14.8. The Kier molecular flexibility index (Phi) is 4.28. The van der Waals surface area contributed by atoms with Crippen molar-refractivity contribution in [2.45, 2.75) is 18.9 Å². The Balaban J connectivity index is 1.87. The number of aromatic nitrogens is 1. The number of nitrogens with zero attached hydrogens (tertiary/aromatic N) is 3. The highest BCUT2D eigenvalue weighted by Gasteiger charge is 2.27. The fourth-order valence-electron chi connectivity index (χ4n) is 2.61. The fourth-order valence-corrected chi connectivity index (χ4v) is 2.81. The summed E-state index contributed by atoms with van der Waals surface area (Å²) < 4.78 is 5.33. The summed E-state index contributed by atoms with van der Waals surface area (Å²) >= 11 is 6.17. The standard InChI is InChI=1S/C14H18ClN3O3/c15-10-7-12(17-3-5-21-6-4-17)16-13(8-10)18-9-11(19)1-2-14(18)20/h7-8,11,19H,1-6,9H2. The molecule has 1 aromatic rings. The lowest BCUT2D eigenvalue weighted by atomic mass is 10.1. The summed E-state index contributed by atoms with van der Waals surface area (Å²) in [6, 6.07) is 3.46. The molecule has 0 aliphatic carbocycles. The van der Waals surface area contributed by atoms with E-state index in [0.29, 0.717) is 36.9 Å². The Labute approximate surface area is 128 Å². The first-order valence-corrected chi connectivity index (χ1v) is 7.50. The van der Waals surface area contributed by atoms with E-state index in [9.17, 15) is 9.90 Å². The summed E-state index contributed by atoms with van der Waals surface area (Å²) in [5, 5.41) is 10.3. The van der Waals surface area contributed by atoms with Gasteiger partial charge in [-0.3, -0.25) is 9.69 Å². The molecule has 0 aromatic carbocycles. The number of amides is 1. The van der Waals surface area contributed by atoms with Crippen molar-refractivity contribution >= 4 is 29.1 Å². The Morgan fingerprint density at radius 3 is 2.76 bits per heavy atom. The highest BCUT2D eigenvalue weighted by atomic mass is 35.5. The van der Waals surface area contributed by atoms with Crippen LogP contribution in [0.2, 0.25) is 5.02 Å². The van der Waals surface area contributed by atoms with E-state index in [1.54, 1.807) is 12.1 Å². The molecule has 2 aliphatic rings. The molecule has 3 rings (SSSR count). The summed E-state index contributed by atoms with van der Waals surface area (Å²) in [6.45, 7) is 3.09. The van der Waals surface area contributed by atoms with Crippen LogP contribution in [0.1, 0.15) is 12.8 Å². The number of aliphatic hydroxyl groups excluding tert-OH is 1. The lowest BCUT2D eigenvalue weighted by Gasteiger charge is -2.32. The van der Waals surface area contributed by atoms with Crippen LogP contribution in [0.4, 0.5) is 11.6 Å². The predicted molar refractivity (Wildman–Crippen MR) is 79.9 cm³/mol. The van der Waals surface area contributed by atoms with Crippen LogP contribution in [-0.2, 0) is 9.53 Å². The molecule has 1 aromatic heterocycles. The average Bonchev–Trinajstić information content (AvgIpc) is 2.50. The number of aliphatic hydroxyl groups is 1. The van der Waals surface area contributed by atoms with Gasteiger partial charge in [0.2, 0.25) is 5.91 Å². The van der Waals surface area contributed by atoms with Crippen molar-refractivity contribution in [3.8, 4) is 0 Å². The van der Waals surface area contributed by atoms with Crippen LogP contribution in [0.3, 0.4) is 0 Å². The van der Waals surface area contributed by atoms with Crippen molar-refractivity contribution in [1.82, 2.24) is 4.98 Å². The smallest absolute Gasteiger partial charge is 0.228 e. The van der Waals surface area contributed by atoms with Gasteiger partial charge in [-0.15, -0.1) is 0 Å². The van der Waals surface area contributed by atoms with Crippen LogP contribution >= 0.6 is 11.6 Å². The van der Waals surface area contributed by atoms with E-state index in [2.05, 4.69) is 9.88 Å². The summed E-state index contributed by atoms with van der Waals surface area (Å²) in [4.78, 5) is 20.2. The predicted octanol–water partition coefficient (Wildman–Crippen LogP) is 1.06. The third-order valence-corrected chi connectivity index (χ3v) is 3.98. The second kappa shape index (κ2) is 6.17. The molecule has 3 heterocycles. The van der Waals surface area contributed by atoms with E-state index in [1.165, 1.54) is 4.90 Å². The number of rotatable bonds is 2. The summed E-state index contributed by atoms with van der Waals surface area (Å²) in [7, 11) is 0. The van der Waals surface area contributed by atoms with Gasteiger partial charge < -0.3 is 14.7 Å². The Morgan fingerprint density at radius 1 is 1.29 bits per heavy atom. The van der Waals surface area contributed by atoms with Crippen molar-refractivity contribution in [3.05, 3.63) is 17.2 Å². The third kappa shape index (κ3) is 3.28. The molecular weight excluding hydrogens is 294 g/mol. The monoisotopic (exact) mass is 311 g/mol. The number of β-amino-alcohol motifs (C(OH)–C–C–N with tert-alkyl or cyclic N) is 1. The number of carbonyl (C=O) groups excluding carboxylic acids is 1. The van der Waals surface area contributed by atoms with Gasteiger partial charge in [-0.1, -0.05) is 11.6 Å². The van der Waals surface area contributed by atoms with Gasteiger partial charge in [-0.05, 0) is 18.6 Å². The van der Waals surface area contributed by atoms with E-state index in [-0.39, 0.29) is 12.5 Å². The number of ether oxygens (including phenoxy) is 1. The lowest BCUT2D eigenvalue weighted by Crippen LogP contribution is -2.43. The minimum atomic E-state index is -0.504. The van der Waals surface area contributed by atoms with Crippen LogP contribution in [-0.4, -0.2) is 54.9 Å². The van der Waals surface area contributed by atoms with Crippen molar-refractivity contribution in [2.24, 2.45) is 0 Å². The maximum absolute atomic E-state index is 12.0. The van der Waals surface area contributed by atoms with Gasteiger partial charge in [0.25, 0.3) is 0 Å². The summed E-state index contributed by atoms with van der Waals surface area (Å²) in [5.41, 5.74) is 0. The second-order valence-electron chi connectivity index (χ2n) is 5.30. The number of pyridine rings is 1. The zero-order valence-electron chi connectivity index (χ0n) is 11.7. The average molecular weight is 312 g/mol. The molecule has 2 fully saturated rings. The van der Waals surface area contributed by atoms with Gasteiger partial charge in [0, 0.05) is 24.5 Å². The molecule has 2 aliphatic heterocycles.